The zero-order valence-electron chi connectivity index (χ0n) is 9.51. The van der Waals surface area contributed by atoms with Gasteiger partial charge in [0, 0.05) is 0 Å². The molecule has 0 spiro atoms. The van der Waals surface area contributed by atoms with Crippen LogP contribution >= 0.6 is 0 Å². The largest absolute Gasteiger partial charge is 0.0696 e. The van der Waals surface area contributed by atoms with Crippen LogP contribution in [0.4, 0.5) is 0 Å². The molecule has 14 heavy (non-hydrogen) atoms. The third kappa shape index (κ3) is 2.47. The number of aryl methyl sites for hydroxylation is 1. The van der Waals surface area contributed by atoms with Crippen LogP contribution in [-0.4, -0.2) is 0 Å². The van der Waals surface area contributed by atoms with E-state index in [9.17, 15) is 0 Å². The number of rotatable bonds is 1. The quantitative estimate of drug-likeness (QED) is 0.610. The van der Waals surface area contributed by atoms with Crippen molar-refractivity contribution in [3.05, 3.63) is 41.0 Å². The summed E-state index contributed by atoms with van der Waals surface area (Å²) >= 11 is 0. The average molecular weight is 188 g/mol. The first-order valence-electron chi connectivity index (χ1n) is 5.67. The molecule has 0 aliphatic heterocycles. The maximum Gasteiger partial charge on any atom is -0.0225 e. The monoisotopic (exact) mass is 188 g/mol. The molecule has 0 bridgehead atoms. The lowest BCUT2D eigenvalue weighted by Crippen LogP contribution is -1.97. The molecule has 1 aromatic rings. The first-order chi connectivity index (χ1) is 6.90. The van der Waals surface area contributed by atoms with E-state index in [1.807, 2.05) is 13.8 Å². The van der Waals surface area contributed by atoms with Gasteiger partial charge in [-0.25, -0.2) is 0 Å². The van der Waals surface area contributed by atoms with Crippen LogP contribution in [0.3, 0.4) is 0 Å². The van der Waals surface area contributed by atoms with Gasteiger partial charge in [-0.1, -0.05) is 56.7 Å². The van der Waals surface area contributed by atoms with Gasteiger partial charge >= 0.3 is 0 Å². The van der Waals surface area contributed by atoms with Gasteiger partial charge in [0.05, 0.1) is 0 Å². The predicted octanol–water partition coefficient (Wildman–Crippen LogP) is 4.45. The van der Waals surface area contributed by atoms with Crippen LogP contribution in [0, 0.1) is 0 Å². The molecular formula is C14H20. The van der Waals surface area contributed by atoms with Gasteiger partial charge in [-0.05, 0) is 30.4 Å². The second-order valence-electron chi connectivity index (χ2n) is 3.35. The fourth-order valence-electron chi connectivity index (χ4n) is 1.77. The summed E-state index contributed by atoms with van der Waals surface area (Å²) in [6, 6.07) is 8.69. The van der Waals surface area contributed by atoms with Gasteiger partial charge in [0.2, 0.25) is 0 Å². The summed E-state index contributed by atoms with van der Waals surface area (Å²) in [7, 11) is 0. The van der Waals surface area contributed by atoms with Crippen molar-refractivity contribution in [3.8, 4) is 0 Å². The van der Waals surface area contributed by atoms with Crippen LogP contribution in [-0.2, 0) is 6.42 Å². The van der Waals surface area contributed by atoms with Gasteiger partial charge in [0.1, 0.15) is 0 Å². The maximum atomic E-state index is 2.35. The lowest BCUT2D eigenvalue weighted by molar-refractivity contribution is 0.876. The summed E-state index contributed by atoms with van der Waals surface area (Å²) in [4.78, 5) is 0. The molecule has 0 unspecified atom stereocenters. The molecule has 76 valence electrons. The molecule has 1 aliphatic carbocycles. The Morgan fingerprint density at radius 3 is 2.50 bits per heavy atom. The highest BCUT2D eigenvalue weighted by Gasteiger charge is 2.07. The van der Waals surface area contributed by atoms with E-state index in [1.54, 1.807) is 5.57 Å². The van der Waals surface area contributed by atoms with Crippen LogP contribution in [0.1, 0.15) is 44.7 Å². The summed E-state index contributed by atoms with van der Waals surface area (Å²) in [5.74, 6) is 0. The molecule has 0 amide bonds. The Balaban J connectivity index is 0.000000461. The predicted molar refractivity (Wildman–Crippen MR) is 64.4 cm³/mol. The molecule has 2 rings (SSSR count). The van der Waals surface area contributed by atoms with Crippen LogP contribution in [0.5, 0.6) is 0 Å². The van der Waals surface area contributed by atoms with Crippen LogP contribution in [0.15, 0.2) is 29.8 Å². The zero-order chi connectivity index (χ0) is 10.4. The molecule has 0 aromatic heterocycles. The van der Waals surface area contributed by atoms with E-state index in [0.717, 1.165) is 0 Å². The molecule has 0 saturated carbocycles. The highest BCUT2D eigenvalue weighted by atomic mass is 14.1. The minimum Gasteiger partial charge on any atom is -0.0696 e. The van der Waals surface area contributed by atoms with Gasteiger partial charge in [-0.3, -0.25) is 0 Å². The summed E-state index contributed by atoms with van der Waals surface area (Å²) in [5, 5.41) is 0. The number of benzene rings is 1. The number of allylic oxidation sites excluding steroid dienone is 1. The minimum absolute atomic E-state index is 1.20. The van der Waals surface area contributed by atoms with Gasteiger partial charge in [-0.15, -0.1) is 0 Å². The standard InChI is InChI=1S/C12H14.C2H6/c1-2-10-7-8-11-5-3-4-6-12(11)9-10;1-2/h3-6,9H,2,7-8H2,1H3;1-2H3. The van der Waals surface area contributed by atoms with Gasteiger partial charge in [-0.2, -0.15) is 0 Å². The fourth-order valence-corrected chi connectivity index (χ4v) is 1.77. The van der Waals surface area contributed by atoms with Crippen LogP contribution in [0.2, 0.25) is 0 Å². The molecule has 1 aromatic carbocycles. The maximum absolute atomic E-state index is 2.35. The minimum atomic E-state index is 1.20. The Bertz CT molecular complexity index is 308. The van der Waals surface area contributed by atoms with Crippen molar-refractivity contribution in [1.29, 1.82) is 0 Å². The van der Waals surface area contributed by atoms with E-state index in [1.165, 1.54) is 30.4 Å². The molecule has 0 nitrogen and oxygen atoms in total. The SMILES string of the molecule is CC.CCC1=Cc2ccccc2CC1. The van der Waals surface area contributed by atoms with Crippen molar-refractivity contribution < 1.29 is 0 Å². The summed E-state index contributed by atoms with van der Waals surface area (Å²) in [5.41, 5.74) is 4.53. The summed E-state index contributed by atoms with van der Waals surface area (Å²) in [6.45, 7) is 6.24. The number of hydrogen-bond donors (Lipinski definition) is 0. The molecule has 1 aliphatic rings. The van der Waals surface area contributed by atoms with Crippen molar-refractivity contribution in [2.45, 2.75) is 40.0 Å². The average Bonchev–Trinajstić information content (AvgIpc) is 2.31. The Morgan fingerprint density at radius 1 is 1.07 bits per heavy atom. The highest BCUT2D eigenvalue weighted by molar-refractivity contribution is 5.59. The second-order valence-corrected chi connectivity index (χ2v) is 3.35. The van der Waals surface area contributed by atoms with E-state index in [2.05, 4.69) is 37.3 Å². The molecule has 0 atom stereocenters. The fraction of sp³-hybridized carbons (Fsp3) is 0.429. The zero-order valence-corrected chi connectivity index (χ0v) is 9.51. The molecular weight excluding hydrogens is 168 g/mol. The van der Waals surface area contributed by atoms with E-state index in [4.69, 9.17) is 0 Å². The number of fused-ring (bicyclic) bond motifs is 1. The molecule has 0 N–H and O–H groups in total. The van der Waals surface area contributed by atoms with E-state index in [0.29, 0.717) is 0 Å². The topological polar surface area (TPSA) is 0 Å². The van der Waals surface area contributed by atoms with Crippen molar-refractivity contribution in [1.82, 2.24) is 0 Å². The molecule has 0 fully saturated rings. The summed E-state index contributed by atoms with van der Waals surface area (Å²) in [6.07, 6.45) is 6.04. The molecule has 0 radical (unpaired) electrons. The Hall–Kier alpha value is -1.04. The lowest BCUT2D eigenvalue weighted by atomic mass is 9.91. The van der Waals surface area contributed by atoms with Crippen molar-refractivity contribution in [3.63, 3.8) is 0 Å². The van der Waals surface area contributed by atoms with E-state index >= 15 is 0 Å². The van der Waals surface area contributed by atoms with E-state index < -0.39 is 0 Å². The second kappa shape index (κ2) is 5.64. The smallest absolute Gasteiger partial charge is 0.0225 e. The first kappa shape index (κ1) is 11.0. The van der Waals surface area contributed by atoms with Crippen LogP contribution in [0.25, 0.3) is 6.08 Å². The van der Waals surface area contributed by atoms with Gasteiger partial charge in [0.15, 0.2) is 0 Å². The normalized spacial score (nSPS) is 13.5. The Labute approximate surface area is 87.7 Å². The molecule has 0 heteroatoms. The Kier molecular flexibility index (Phi) is 4.45. The highest BCUT2D eigenvalue weighted by Crippen LogP contribution is 2.24. The molecule has 0 heterocycles. The lowest BCUT2D eigenvalue weighted by Gasteiger charge is -2.14. The molecule has 0 saturated heterocycles. The van der Waals surface area contributed by atoms with Gasteiger partial charge < -0.3 is 0 Å². The van der Waals surface area contributed by atoms with Gasteiger partial charge in [0.25, 0.3) is 0 Å². The third-order valence-corrected chi connectivity index (χ3v) is 2.58. The third-order valence-electron chi connectivity index (χ3n) is 2.58. The first-order valence-corrected chi connectivity index (χ1v) is 5.67. The number of hydrogen-bond acceptors (Lipinski definition) is 0. The van der Waals surface area contributed by atoms with Crippen molar-refractivity contribution in [2.24, 2.45) is 0 Å². The van der Waals surface area contributed by atoms with Crippen molar-refractivity contribution >= 4 is 6.08 Å². The summed E-state index contributed by atoms with van der Waals surface area (Å²) < 4.78 is 0. The van der Waals surface area contributed by atoms with Crippen LogP contribution < -0.4 is 0 Å². The Morgan fingerprint density at radius 2 is 1.79 bits per heavy atom. The van der Waals surface area contributed by atoms with E-state index in [-0.39, 0.29) is 0 Å². The van der Waals surface area contributed by atoms with Crippen molar-refractivity contribution in [2.75, 3.05) is 0 Å².